The molecule has 0 aromatic heterocycles. The fourth-order valence-electron chi connectivity index (χ4n) is 2.93. The maximum Gasteiger partial charge on any atom is 0.339 e. The summed E-state index contributed by atoms with van der Waals surface area (Å²) < 4.78 is 9.51. The van der Waals surface area contributed by atoms with Crippen molar-refractivity contribution in [1.82, 2.24) is 0 Å². The van der Waals surface area contributed by atoms with E-state index < -0.39 is 5.20 Å². The number of rotatable bonds is 4. The Hall–Kier alpha value is -0.830. The lowest BCUT2D eigenvalue weighted by atomic mass is 9.97. The zero-order valence-electron chi connectivity index (χ0n) is 18.3. The summed E-state index contributed by atoms with van der Waals surface area (Å²) in [7, 11) is 0. The molecule has 8 heteroatoms. The van der Waals surface area contributed by atoms with Crippen molar-refractivity contribution in [2.75, 3.05) is 6.54 Å². The van der Waals surface area contributed by atoms with Crippen molar-refractivity contribution in [1.29, 1.82) is 0 Å². The van der Waals surface area contributed by atoms with Crippen molar-refractivity contribution in [3.05, 3.63) is 69.3 Å². The van der Waals surface area contributed by atoms with E-state index in [0.29, 0.717) is 6.42 Å². The summed E-state index contributed by atoms with van der Waals surface area (Å²) in [4.78, 5) is 14.4. The predicted molar refractivity (Wildman–Crippen MR) is 139 cm³/mol. The number of aldehydes is 1. The van der Waals surface area contributed by atoms with Crippen LogP contribution in [-0.2, 0) is 22.2 Å². The zero-order chi connectivity index (χ0) is 22.7. The second kappa shape index (κ2) is 15.1. The number of carbonyl (C=O) groups excluding carboxylic acids is 1. The van der Waals surface area contributed by atoms with Crippen LogP contribution in [0.1, 0.15) is 51.8 Å². The van der Waals surface area contributed by atoms with E-state index in [1.165, 1.54) is 38.9 Å². The van der Waals surface area contributed by atoms with E-state index in [-0.39, 0.29) is 12.4 Å². The van der Waals surface area contributed by atoms with Gasteiger partial charge in [0.2, 0.25) is 0 Å². The summed E-state index contributed by atoms with van der Waals surface area (Å²) in [6.07, 6.45) is 6.73. The van der Waals surface area contributed by atoms with Gasteiger partial charge in [0.05, 0.1) is 0 Å². The molecule has 0 bridgehead atoms. The van der Waals surface area contributed by atoms with Crippen LogP contribution in [0, 0.1) is 27.7 Å². The lowest BCUT2D eigenvalue weighted by Gasteiger charge is -2.12. The summed E-state index contributed by atoms with van der Waals surface area (Å²) in [6.45, 7) is 9.51. The molecule has 0 spiro atoms. The number of aliphatic imine (C=N–C) groups is 1. The highest BCUT2D eigenvalue weighted by Crippen LogP contribution is 2.61. The number of benzene rings is 2. The van der Waals surface area contributed by atoms with Gasteiger partial charge < -0.3 is 4.79 Å². The summed E-state index contributed by atoms with van der Waals surface area (Å²) in [5, 5.41) is -3.22. The van der Waals surface area contributed by atoms with E-state index in [9.17, 15) is 9.36 Å². The number of hydrogen-bond acceptors (Lipinski definition) is 3. The number of fused-ring (bicyclic) bond motifs is 1. The standard InChI is InChI=1S/C12H16O.C11H13N.Cl3OP.ClH/c1-10-6-7-12(9-11(10)2)5-3-4-8-13;1-8-5-10-3-4-12-7-11(10)6-9(8)2;1-5(2,3)4;/h6-9H,3-5H2,1-2H3;5-7H,3-4H2,1-2H3;;1H. The van der Waals surface area contributed by atoms with Crippen molar-refractivity contribution >= 4 is 63.8 Å². The normalized spacial score (nSPS) is 11.7. The van der Waals surface area contributed by atoms with Crippen LogP contribution in [0.3, 0.4) is 0 Å². The summed E-state index contributed by atoms with van der Waals surface area (Å²) in [5.41, 5.74) is 9.52. The monoisotopic (exact) mass is 523 g/mol. The summed E-state index contributed by atoms with van der Waals surface area (Å²) in [6, 6.07) is 11.0. The van der Waals surface area contributed by atoms with Gasteiger partial charge >= 0.3 is 5.20 Å². The van der Waals surface area contributed by atoms with Gasteiger partial charge in [-0.25, -0.2) is 0 Å². The first-order valence-corrected chi connectivity index (χ1v) is 14.2. The van der Waals surface area contributed by atoms with Crippen LogP contribution in [0.5, 0.6) is 0 Å². The summed E-state index contributed by atoms with van der Waals surface area (Å²) >= 11 is 13.8. The van der Waals surface area contributed by atoms with E-state index in [2.05, 4.69) is 96.7 Å². The molecule has 31 heavy (non-hydrogen) atoms. The average Bonchev–Trinajstić information content (AvgIpc) is 2.65. The van der Waals surface area contributed by atoms with Gasteiger partial charge in [0.25, 0.3) is 0 Å². The molecule has 0 saturated carbocycles. The Kier molecular flexibility index (Phi) is 14.7. The molecule has 3 nitrogen and oxygen atoms in total. The van der Waals surface area contributed by atoms with E-state index in [4.69, 9.17) is 0 Å². The predicted octanol–water partition coefficient (Wildman–Crippen LogP) is 8.34. The fourth-order valence-corrected chi connectivity index (χ4v) is 2.93. The van der Waals surface area contributed by atoms with Gasteiger partial charge in [0.15, 0.2) is 0 Å². The minimum absolute atomic E-state index is 0. The third kappa shape index (κ3) is 13.3. The van der Waals surface area contributed by atoms with E-state index in [1.807, 2.05) is 6.21 Å². The van der Waals surface area contributed by atoms with E-state index in [1.54, 1.807) is 0 Å². The van der Waals surface area contributed by atoms with Crippen molar-refractivity contribution in [3.8, 4) is 0 Å². The zero-order valence-corrected chi connectivity index (χ0v) is 22.3. The number of unbranched alkanes of at least 4 members (excludes halogenated alkanes) is 1. The van der Waals surface area contributed by atoms with Gasteiger partial charge in [-0.05, 0) is 126 Å². The maximum absolute atomic E-state index is 10.1. The molecule has 1 heterocycles. The molecule has 0 unspecified atom stereocenters. The number of halogens is 4. The molecule has 172 valence electrons. The van der Waals surface area contributed by atoms with Gasteiger partial charge in [0, 0.05) is 19.2 Å². The van der Waals surface area contributed by atoms with Crippen LogP contribution in [-0.4, -0.2) is 19.0 Å². The molecular formula is C23H30Cl4NO2P. The average molecular weight is 525 g/mol. The first-order valence-electron chi connectivity index (χ1n) is 9.80. The molecule has 0 saturated heterocycles. The van der Waals surface area contributed by atoms with Crippen LogP contribution >= 0.6 is 51.3 Å². The van der Waals surface area contributed by atoms with Gasteiger partial charge in [-0.1, -0.05) is 24.3 Å². The molecule has 1 aliphatic heterocycles. The van der Waals surface area contributed by atoms with Crippen molar-refractivity contribution in [2.45, 2.75) is 53.4 Å². The SMILES string of the molecule is Cc1cc2c(cc1C)CCN=C2.Cc1ccc(CCCC=O)cc1C.Cl.O=P(Cl)(Cl)Cl. The molecule has 0 radical (unpaired) electrons. The molecule has 2 aromatic carbocycles. The van der Waals surface area contributed by atoms with Gasteiger partial charge in [-0.15, -0.1) is 12.4 Å². The van der Waals surface area contributed by atoms with Crippen molar-refractivity contribution < 1.29 is 9.36 Å². The smallest absolute Gasteiger partial charge is 0.303 e. The topological polar surface area (TPSA) is 46.5 Å². The molecule has 2 aromatic rings. The molecular weight excluding hydrogens is 495 g/mol. The number of hydrogen-bond donors (Lipinski definition) is 0. The molecule has 0 N–H and O–H groups in total. The Morgan fingerprint density at radius 1 is 0.968 bits per heavy atom. The molecule has 0 amide bonds. The largest absolute Gasteiger partial charge is 0.339 e. The Bertz CT molecular complexity index is 918. The van der Waals surface area contributed by atoms with Crippen LogP contribution in [0.4, 0.5) is 0 Å². The van der Waals surface area contributed by atoms with Crippen molar-refractivity contribution in [3.63, 3.8) is 0 Å². The van der Waals surface area contributed by atoms with E-state index >= 15 is 0 Å². The first kappa shape index (κ1) is 30.2. The molecule has 3 rings (SSSR count). The Morgan fingerprint density at radius 2 is 1.55 bits per heavy atom. The minimum Gasteiger partial charge on any atom is -0.303 e. The Balaban J connectivity index is 0.000000468. The lowest BCUT2D eigenvalue weighted by Crippen LogP contribution is -2.03. The summed E-state index contributed by atoms with van der Waals surface area (Å²) in [5.74, 6) is 0. The van der Waals surface area contributed by atoms with Crippen molar-refractivity contribution in [2.24, 2.45) is 4.99 Å². The number of nitrogens with zero attached hydrogens (tertiary/aromatic N) is 1. The fraction of sp³-hybridized carbons (Fsp3) is 0.391. The minimum atomic E-state index is -3.22. The molecule has 0 aliphatic carbocycles. The van der Waals surface area contributed by atoms with Gasteiger partial charge in [-0.2, -0.15) is 0 Å². The van der Waals surface area contributed by atoms with Gasteiger partial charge in [-0.3, -0.25) is 9.56 Å². The molecule has 1 aliphatic rings. The van der Waals surface area contributed by atoms with E-state index in [0.717, 1.165) is 32.1 Å². The third-order valence-electron chi connectivity index (χ3n) is 4.85. The molecule has 0 fully saturated rings. The quantitative estimate of drug-likeness (QED) is 0.229. The highest BCUT2D eigenvalue weighted by atomic mass is 36.0. The first-order chi connectivity index (χ1) is 14.0. The Labute approximate surface area is 206 Å². The van der Waals surface area contributed by atoms with Crippen LogP contribution in [0.2, 0.25) is 0 Å². The number of carbonyl (C=O) groups is 1. The maximum atomic E-state index is 10.1. The van der Waals surface area contributed by atoms with Gasteiger partial charge in [0.1, 0.15) is 6.29 Å². The number of aryl methyl sites for hydroxylation is 5. The van der Waals surface area contributed by atoms with Crippen LogP contribution < -0.4 is 0 Å². The third-order valence-corrected chi connectivity index (χ3v) is 4.85. The highest BCUT2D eigenvalue weighted by molar-refractivity contribution is 8.24. The molecule has 0 atom stereocenters. The van der Waals surface area contributed by atoms with Crippen LogP contribution in [0.15, 0.2) is 35.3 Å². The lowest BCUT2D eigenvalue weighted by molar-refractivity contribution is -0.107. The highest BCUT2D eigenvalue weighted by Gasteiger charge is 2.06. The second-order valence-electron chi connectivity index (χ2n) is 7.30. The Morgan fingerprint density at radius 3 is 2.13 bits per heavy atom. The van der Waals surface area contributed by atoms with Crippen LogP contribution in [0.25, 0.3) is 0 Å². The second-order valence-corrected chi connectivity index (χ2v) is 13.9.